The molecule has 7 heteroatoms. The molecule has 0 aliphatic carbocycles. The molecule has 1 amide bonds. The lowest BCUT2D eigenvalue weighted by atomic mass is 10.1. The molecule has 1 heterocycles. The van der Waals surface area contributed by atoms with Crippen molar-refractivity contribution in [2.45, 2.75) is 6.10 Å². The lowest BCUT2D eigenvalue weighted by Gasteiger charge is -2.32. The fourth-order valence-electron chi connectivity index (χ4n) is 1.91. The van der Waals surface area contributed by atoms with Gasteiger partial charge in [-0.3, -0.25) is 4.79 Å². The van der Waals surface area contributed by atoms with Crippen LogP contribution in [0.5, 0.6) is 0 Å². The van der Waals surface area contributed by atoms with E-state index >= 15 is 0 Å². The molecule has 0 spiro atoms. The average Bonchev–Trinajstić information content (AvgIpc) is 2.43. The van der Waals surface area contributed by atoms with Gasteiger partial charge in [0.05, 0.1) is 12.7 Å². The Morgan fingerprint density at radius 1 is 1.37 bits per heavy atom. The second-order valence-corrected chi connectivity index (χ2v) is 4.23. The van der Waals surface area contributed by atoms with Crippen LogP contribution in [-0.2, 0) is 4.74 Å². The van der Waals surface area contributed by atoms with E-state index in [4.69, 9.17) is 10.5 Å². The van der Waals surface area contributed by atoms with Crippen LogP contribution in [0, 0.1) is 17.5 Å². The van der Waals surface area contributed by atoms with Crippen LogP contribution in [0.2, 0.25) is 0 Å². The van der Waals surface area contributed by atoms with Crippen molar-refractivity contribution in [3.63, 3.8) is 0 Å². The Bertz CT molecular complexity index is 473. The number of carbonyl (C=O) groups is 1. The summed E-state index contributed by atoms with van der Waals surface area (Å²) < 4.78 is 44.3. The average molecular weight is 274 g/mol. The molecule has 19 heavy (non-hydrogen) atoms. The molecular formula is C12H13F3N2O2. The van der Waals surface area contributed by atoms with Gasteiger partial charge in [0.2, 0.25) is 0 Å². The molecule has 1 unspecified atom stereocenters. The minimum Gasteiger partial charge on any atom is -0.373 e. The molecular weight excluding hydrogens is 261 g/mol. The first kappa shape index (κ1) is 13.8. The summed E-state index contributed by atoms with van der Waals surface area (Å²) >= 11 is 0. The molecule has 2 rings (SSSR count). The second-order valence-electron chi connectivity index (χ2n) is 4.23. The van der Waals surface area contributed by atoms with Gasteiger partial charge in [-0.2, -0.15) is 0 Å². The topological polar surface area (TPSA) is 55.6 Å². The van der Waals surface area contributed by atoms with Gasteiger partial charge in [0.25, 0.3) is 5.91 Å². The first-order valence-corrected chi connectivity index (χ1v) is 5.78. The Morgan fingerprint density at radius 2 is 2.00 bits per heavy atom. The van der Waals surface area contributed by atoms with Crippen molar-refractivity contribution in [1.82, 2.24) is 4.90 Å². The number of morpholine rings is 1. The number of carbonyl (C=O) groups excluding carboxylic acids is 1. The van der Waals surface area contributed by atoms with E-state index in [1.165, 1.54) is 4.90 Å². The molecule has 1 saturated heterocycles. The third kappa shape index (κ3) is 2.87. The molecule has 0 aromatic heterocycles. The highest BCUT2D eigenvalue weighted by Crippen LogP contribution is 2.16. The van der Waals surface area contributed by atoms with Crippen molar-refractivity contribution in [2.75, 3.05) is 26.2 Å². The molecule has 0 saturated carbocycles. The predicted octanol–water partition coefficient (Wildman–Crippen LogP) is 0.904. The fourth-order valence-corrected chi connectivity index (χ4v) is 1.91. The molecule has 1 aliphatic rings. The molecule has 1 aliphatic heterocycles. The fraction of sp³-hybridized carbons (Fsp3) is 0.417. The zero-order chi connectivity index (χ0) is 14.0. The molecule has 1 aromatic carbocycles. The van der Waals surface area contributed by atoms with Crippen LogP contribution in [0.1, 0.15) is 10.4 Å². The van der Waals surface area contributed by atoms with E-state index in [2.05, 4.69) is 0 Å². The van der Waals surface area contributed by atoms with Gasteiger partial charge in [-0.25, -0.2) is 13.2 Å². The SMILES string of the molecule is NCC1CN(C(=O)c2cc(F)c(F)c(F)c2)CCO1. The van der Waals surface area contributed by atoms with Crippen LogP contribution in [0.25, 0.3) is 0 Å². The van der Waals surface area contributed by atoms with E-state index in [0.29, 0.717) is 25.3 Å². The molecule has 104 valence electrons. The van der Waals surface area contributed by atoms with Gasteiger partial charge in [-0.05, 0) is 12.1 Å². The normalized spacial score (nSPS) is 19.6. The van der Waals surface area contributed by atoms with Crippen LogP contribution in [-0.4, -0.2) is 43.2 Å². The zero-order valence-electron chi connectivity index (χ0n) is 10.0. The minimum absolute atomic E-state index is 0.228. The number of hydrogen-bond donors (Lipinski definition) is 1. The van der Waals surface area contributed by atoms with Crippen LogP contribution >= 0.6 is 0 Å². The number of benzene rings is 1. The van der Waals surface area contributed by atoms with E-state index in [-0.39, 0.29) is 24.8 Å². The first-order chi connectivity index (χ1) is 9.02. The molecule has 1 atom stereocenters. The molecule has 1 aromatic rings. The van der Waals surface area contributed by atoms with Gasteiger partial charge in [0.1, 0.15) is 0 Å². The van der Waals surface area contributed by atoms with Crippen molar-refractivity contribution < 1.29 is 22.7 Å². The molecule has 4 nitrogen and oxygen atoms in total. The van der Waals surface area contributed by atoms with Crippen molar-refractivity contribution in [3.05, 3.63) is 35.1 Å². The van der Waals surface area contributed by atoms with Crippen LogP contribution in [0.4, 0.5) is 13.2 Å². The summed E-state index contributed by atoms with van der Waals surface area (Å²) in [7, 11) is 0. The number of nitrogens with two attached hydrogens (primary N) is 1. The Hall–Kier alpha value is -1.60. The number of nitrogens with zero attached hydrogens (tertiary/aromatic N) is 1. The third-order valence-corrected chi connectivity index (χ3v) is 2.92. The summed E-state index contributed by atoms with van der Waals surface area (Å²) in [4.78, 5) is 13.4. The quantitative estimate of drug-likeness (QED) is 0.815. The van der Waals surface area contributed by atoms with Gasteiger partial charge in [0.15, 0.2) is 17.5 Å². The van der Waals surface area contributed by atoms with E-state index in [0.717, 1.165) is 0 Å². The summed E-state index contributed by atoms with van der Waals surface area (Å²) in [6, 6.07) is 1.38. The Labute approximate surface area is 107 Å². The highest BCUT2D eigenvalue weighted by Gasteiger charge is 2.25. The van der Waals surface area contributed by atoms with Gasteiger partial charge in [-0.15, -0.1) is 0 Å². The molecule has 2 N–H and O–H groups in total. The number of halogens is 3. The van der Waals surface area contributed by atoms with Gasteiger partial charge in [0, 0.05) is 25.2 Å². The van der Waals surface area contributed by atoms with Gasteiger partial charge in [-0.1, -0.05) is 0 Å². The smallest absolute Gasteiger partial charge is 0.254 e. The van der Waals surface area contributed by atoms with Crippen molar-refractivity contribution >= 4 is 5.91 Å². The largest absolute Gasteiger partial charge is 0.373 e. The molecule has 0 bridgehead atoms. The van der Waals surface area contributed by atoms with Gasteiger partial charge >= 0.3 is 0 Å². The monoisotopic (exact) mass is 274 g/mol. The summed E-state index contributed by atoms with van der Waals surface area (Å²) in [5, 5.41) is 0. The van der Waals surface area contributed by atoms with E-state index in [1.807, 2.05) is 0 Å². The molecule has 1 fully saturated rings. The maximum atomic E-state index is 13.1. The van der Waals surface area contributed by atoms with Crippen molar-refractivity contribution in [3.8, 4) is 0 Å². The standard InChI is InChI=1S/C12H13F3N2O2/c13-9-3-7(4-10(14)11(9)15)12(18)17-1-2-19-8(5-16)6-17/h3-4,8H,1-2,5-6,16H2. The lowest BCUT2D eigenvalue weighted by Crippen LogP contribution is -2.48. The minimum atomic E-state index is -1.58. The summed E-state index contributed by atoms with van der Waals surface area (Å²) in [5.41, 5.74) is 5.21. The number of ether oxygens (including phenoxy) is 1. The number of amides is 1. The lowest BCUT2D eigenvalue weighted by molar-refractivity contribution is -0.0167. The third-order valence-electron chi connectivity index (χ3n) is 2.92. The highest BCUT2D eigenvalue weighted by molar-refractivity contribution is 5.94. The Kier molecular flexibility index (Phi) is 4.06. The van der Waals surface area contributed by atoms with E-state index in [1.54, 1.807) is 0 Å². The van der Waals surface area contributed by atoms with Gasteiger partial charge < -0.3 is 15.4 Å². The maximum absolute atomic E-state index is 13.1. The number of rotatable bonds is 2. The predicted molar refractivity (Wildman–Crippen MR) is 61.0 cm³/mol. The van der Waals surface area contributed by atoms with Crippen molar-refractivity contribution in [1.29, 1.82) is 0 Å². The summed E-state index contributed by atoms with van der Waals surface area (Å²) in [6.45, 7) is 1.10. The Morgan fingerprint density at radius 3 is 2.58 bits per heavy atom. The van der Waals surface area contributed by atoms with E-state index < -0.39 is 23.4 Å². The van der Waals surface area contributed by atoms with Crippen LogP contribution in [0.15, 0.2) is 12.1 Å². The summed E-state index contributed by atoms with van der Waals surface area (Å²) in [6.07, 6.45) is -0.298. The Balaban J connectivity index is 2.19. The zero-order valence-corrected chi connectivity index (χ0v) is 10.0. The summed E-state index contributed by atoms with van der Waals surface area (Å²) in [5.74, 6) is -4.92. The number of hydrogen-bond acceptors (Lipinski definition) is 3. The maximum Gasteiger partial charge on any atom is 0.254 e. The van der Waals surface area contributed by atoms with Crippen LogP contribution in [0.3, 0.4) is 0 Å². The first-order valence-electron chi connectivity index (χ1n) is 5.78. The second kappa shape index (κ2) is 5.58. The highest BCUT2D eigenvalue weighted by atomic mass is 19.2. The van der Waals surface area contributed by atoms with Crippen molar-refractivity contribution in [2.24, 2.45) is 5.73 Å². The van der Waals surface area contributed by atoms with Crippen LogP contribution < -0.4 is 5.73 Å². The molecule has 0 radical (unpaired) electrons. The van der Waals surface area contributed by atoms with E-state index in [9.17, 15) is 18.0 Å².